The molecule has 0 radical (unpaired) electrons. The minimum atomic E-state index is 0.669. The highest BCUT2D eigenvalue weighted by molar-refractivity contribution is 5.26. The van der Waals surface area contributed by atoms with E-state index in [1.807, 2.05) is 13.8 Å². The minimum Gasteiger partial charge on any atom is -0.444 e. The normalized spacial score (nSPS) is 11.2. The van der Waals surface area contributed by atoms with Crippen molar-refractivity contribution in [3.05, 3.63) is 40.4 Å². The van der Waals surface area contributed by atoms with Gasteiger partial charge in [0.15, 0.2) is 0 Å². The van der Waals surface area contributed by atoms with Crippen LogP contribution in [0.2, 0.25) is 0 Å². The molecule has 0 amide bonds. The number of oxazole rings is 1. The summed E-state index contributed by atoms with van der Waals surface area (Å²) in [5.41, 5.74) is 4.89. The molecule has 0 aliphatic carbocycles. The molecule has 1 N–H and O–H groups in total. The molecule has 2 aromatic rings. The number of rotatable bonds is 4. The summed E-state index contributed by atoms with van der Waals surface area (Å²) in [4.78, 5) is 4.35. The Morgan fingerprint density at radius 2 is 1.94 bits per heavy atom. The smallest absolute Gasteiger partial charge is 0.208 e. The van der Waals surface area contributed by atoms with Crippen LogP contribution >= 0.6 is 0 Å². The Morgan fingerprint density at radius 3 is 2.44 bits per heavy atom. The predicted molar refractivity (Wildman–Crippen MR) is 71.4 cm³/mol. The topological polar surface area (TPSA) is 43.0 Å². The van der Waals surface area contributed by atoms with Crippen LogP contribution in [0.5, 0.6) is 0 Å². The Bertz CT molecular complexity index is 532. The van der Waals surface area contributed by atoms with Crippen LogP contribution in [0, 0.1) is 27.7 Å². The first kappa shape index (κ1) is 12.9. The minimum absolute atomic E-state index is 0.669. The summed E-state index contributed by atoms with van der Waals surface area (Å²) in [6.07, 6.45) is 0. The fourth-order valence-corrected chi connectivity index (χ4v) is 2.03. The SMILES string of the molecule is Cc1nc(CNCc2cc(C)n(C)c2C)oc1C. The fourth-order valence-electron chi connectivity index (χ4n) is 2.03. The molecule has 0 bridgehead atoms. The molecule has 18 heavy (non-hydrogen) atoms. The molecule has 2 rings (SSSR count). The molecule has 4 nitrogen and oxygen atoms in total. The summed E-state index contributed by atoms with van der Waals surface area (Å²) in [5, 5.41) is 3.37. The summed E-state index contributed by atoms with van der Waals surface area (Å²) in [5.74, 6) is 1.66. The number of aryl methyl sites for hydroxylation is 3. The summed E-state index contributed by atoms with van der Waals surface area (Å²) >= 11 is 0. The molecule has 4 heteroatoms. The van der Waals surface area contributed by atoms with Crippen LogP contribution in [0.1, 0.15) is 34.3 Å². The maximum absolute atomic E-state index is 5.53. The van der Waals surface area contributed by atoms with E-state index in [0.717, 1.165) is 23.9 Å². The Kier molecular flexibility index (Phi) is 3.57. The van der Waals surface area contributed by atoms with E-state index in [1.54, 1.807) is 0 Å². The average Bonchev–Trinajstić information content (AvgIpc) is 2.76. The van der Waals surface area contributed by atoms with Crippen LogP contribution < -0.4 is 5.32 Å². The first-order chi connectivity index (χ1) is 8.49. The molecule has 0 unspecified atom stereocenters. The second kappa shape index (κ2) is 4.98. The van der Waals surface area contributed by atoms with Crippen molar-refractivity contribution in [1.29, 1.82) is 0 Å². The number of aromatic nitrogens is 2. The molecular formula is C14H21N3O. The van der Waals surface area contributed by atoms with Gasteiger partial charge in [0, 0.05) is 25.0 Å². The molecule has 0 aliphatic rings. The van der Waals surface area contributed by atoms with Gasteiger partial charge in [0.2, 0.25) is 5.89 Å². The van der Waals surface area contributed by atoms with Crippen LogP contribution in [0.3, 0.4) is 0 Å². The van der Waals surface area contributed by atoms with Gasteiger partial charge in [-0.2, -0.15) is 0 Å². The number of hydrogen-bond acceptors (Lipinski definition) is 3. The van der Waals surface area contributed by atoms with Crippen molar-refractivity contribution in [3.63, 3.8) is 0 Å². The van der Waals surface area contributed by atoms with E-state index in [0.29, 0.717) is 6.54 Å². The van der Waals surface area contributed by atoms with Crippen LogP contribution in [0.15, 0.2) is 10.5 Å². The molecular weight excluding hydrogens is 226 g/mol. The Hall–Kier alpha value is -1.55. The highest BCUT2D eigenvalue weighted by Crippen LogP contribution is 2.13. The second-order valence-electron chi connectivity index (χ2n) is 4.81. The number of nitrogens with one attached hydrogen (secondary N) is 1. The van der Waals surface area contributed by atoms with Gasteiger partial charge in [0.25, 0.3) is 0 Å². The molecule has 0 atom stereocenters. The third-order valence-corrected chi connectivity index (χ3v) is 3.54. The molecule has 0 saturated carbocycles. The lowest BCUT2D eigenvalue weighted by Crippen LogP contribution is -2.13. The van der Waals surface area contributed by atoms with E-state index in [-0.39, 0.29) is 0 Å². The quantitative estimate of drug-likeness (QED) is 0.903. The largest absolute Gasteiger partial charge is 0.444 e. The maximum atomic E-state index is 5.53. The van der Waals surface area contributed by atoms with Crippen LogP contribution in [0.25, 0.3) is 0 Å². The second-order valence-corrected chi connectivity index (χ2v) is 4.81. The standard InChI is InChI=1S/C14H21N3O/c1-9-6-13(11(3)17(9)5)7-15-8-14-16-10(2)12(4)18-14/h6,15H,7-8H2,1-5H3. The van der Waals surface area contributed by atoms with E-state index < -0.39 is 0 Å². The molecule has 0 saturated heterocycles. The third kappa shape index (κ3) is 2.48. The van der Waals surface area contributed by atoms with Crippen molar-refractivity contribution < 1.29 is 4.42 Å². The van der Waals surface area contributed by atoms with E-state index in [1.165, 1.54) is 17.0 Å². The predicted octanol–water partition coefficient (Wildman–Crippen LogP) is 2.54. The summed E-state index contributed by atoms with van der Waals surface area (Å²) in [6, 6.07) is 2.22. The van der Waals surface area contributed by atoms with Crippen molar-refractivity contribution in [1.82, 2.24) is 14.9 Å². The third-order valence-electron chi connectivity index (χ3n) is 3.54. The summed E-state index contributed by atoms with van der Waals surface area (Å²) in [6.45, 7) is 9.68. The van der Waals surface area contributed by atoms with Crippen molar-refractivity contribution >= 4 is 0 Å². The zero-order valence-electron chi connectivity index (χ0n) is 11.8. The van der Waals surface area contributed by atoms with Gasteiger partial charge < -0.3 is 14.3 Å². The average molecular weight is 247 g/mol. The first-order valence-electron chi connectivity index (χ1n) is 6.24. The monoisotopic (exact) mass is 247 g/mol. The molecule has 98 valence electrons. The van der Waals surface area contributed by atoms with E-state index in [9.17, 15) is 0 Å². The lowest BCUT2D eigenvalue weighted by atomic mass is 10.2. The van der Waals surface area contributed by atoms with Gasteiger partial charge in [0.05, 0.1) is 12.2 Å². The van der Waals surface area contributed by atoms with Crippen LogP contribution in [-0.2, 0) is 20.1 Å². The van der Waals surface area contributed by atoms with Crippen LogP contribution in [-0.4, -0.2) is 9.55 Å². The van der Waals surface area contributed by atoms with Gasteiger partial charge in [-0.1, -0.05) is 0 Å². The highest BCUT2D eigenvalue weighted by Gasteiger charge is 2.07. The lowest BCUT2D eigenvalue weighted by molar-refractivity contribution is 0.448. The zero-order valence-corrected chi connectivity index (χ0v) is 11.8. The van der Waals surface area contributed by atoms with Gasteiger partial charge in [-0.15, -0.1) is 0 Å². The molecule has 0 fully saturated rings. The van der Waals surface area contributed by atoms with Crippen LogP contribution in [0.4, 0.5) is 0 Å². The summed E-state index contributed by atoms with van der Waals surface area (Å²) in [7, 11) is 2.09. The van der Waals surface area contributed by atoms with Crippen molar-refractivity contribution in [2.75, 3.05) is 0 Å². The van der Waals surface area contributed by atoms with Crippen molar-refractivity contribution in [2.45, 2.75) is 40.8 Å². The van der Waals surface area contributed by atoms with Crippen molar-refractivity contribution in [2.24, 2.45) is 7.05 Å². The van der Waals surface area contributed by atoms with E-state index in [2.05, 4.69) is 41.8 Å². The zero-order chi connectivity index (χ0) is 13.3. The molecule has 0 aliphatic heterocycles. The highest BCUT2D eigenvalue weighted by atomic mass is 16.4. The van der Waals surface area contributed by atoms with Gasteiger partial charge in [-0.05, 0) is 39.3 Å². The van der Waals surface area contributed by atoms with E-state index >= 15 is 0 Å². The number of hydrogen-bond donors (Lipinski definition) is 1. The molecule has 0 spiro atoms. The van der Waals surface area contributed by atoms with Gasteiger partial charge in [-0.3, -0.25) is 0 Å². The van der Waals surface area contributed by atoms with E-state index in [4.69, 9.17) is 4.42 Å². The Morgan fingerprint density at radius 1 is 1.22 bits per heavy atom. The van der Waals surface area contributed by atoms with Gasteiger partial charge in [-0.25, -0.2) is 4.98 Å². The van der Waals surface area contributed by atoms with Crippen molar-refractivity contribution in [3.8, 4) is 0 Å². The fraction of sp³-hybridized carbons (Fsp3) is 0.500. The molecule has 2 heterocycles. The Balaban J connectivity index is 1.94. The van der Waals surface area contributed by atoms with Gasteiger partial charge >= 0.3 is 0 Å². The number of nitrogens with zero attached hydrogens (tertiary/aromatic N) is 2. The summed E-state index contributed by atoms with van der Waals surface area (Å²) < 4.78 is 7.74. The molecule has 2 aromatic heterocycles. The Labute approximate surface area is 108 Å². The molecule has 0 aromatic carbocycles. The lowest BCUT2D eigenvalue weighted by Gasteiger charge is -2.03. The first-order valence-corrected chi connectivity index (χ1v) is 6.24. The van der Waals surface area contributed by atoms with Gasteiger partial charge in [0.1, 0.15) is 5.76 Å². The maximum Gasteiger partial charge on any atom is 0.208 e.